The number of rotatable bonds is 3. The van der Waals surface area contributed by atoms with Crippen molar-refractivity contribution in [1.82, 2.24) is 10.2 Å². The van der Waals surface area contributed by atoms with E-state index in [0.717, 1.165) is 32.7 Å². The summed E-state index contributed by atoms with van der Waals surface area (Å²) in [6.07, 6.45) is 1.98. The van der Waals surface area contributed by atoms with Crippen LogP contribution in [0, 0.1) is 0 Å². The maximum atomic E-state index is 12.3. The zero-order chi connectivity index (χ0) is 16.5. The van der Waals surface area contributed by atoms with Crippen molar-refractivity contribution in [2.45, 2.75) is 11.3 Å². The number of benzene rings is 2. The molecule has 1 aromatic heterocycles. The highest BCUT2D eigenvalue weighted by atomic mass is 32.2. The van der Waals surface area contributed by atoms with E-state index in [1.807, 2.05) is 36.4 Å². The van der Waals surface area contributed by atoms with E-state index in [4.69, 9.17) is 0 Å². The fourth-order valence-corrected chi connectivity index (χ4v) is 3.43. The van der Waals surface area contributed by atoms with Crippen LogP contribution in [0.15, 0.2) is 47.5 Å². The second-order valence-electron chi connectivity index (χ2n) is 5.56. The third kappa shape index (κ3) is 2.98. The number of carbonyl (C=O) groups excluding carboxylic acids is 2. The molecule has 7 heteroatoms. The fourth-order valence-electron chi connectivity index (χ4n) is 2.65. The second-order valence-corrected chi connectivity index (χ2v) is 6.58. The highest BCUT2D eigenvalue weighted by molar-refractivity contribution is 8.00. The topological polar surface area (TPSA) is 86.9 Å². The van der Waals surface area contributed by atoms with Crippen molar-refractivity contribution in [2.24, 2.45) is 0 Å². The van der Waals surface area contributed by atoms with E-state index in [0.29, 0.717) is 5.75 Å². The number of anilines is 2. The number of amides is 2. The summed E-state index contributed by atoms with van der Waals surface area (Å²) in [5.41, 5.74) is 3.23. The van der Waals surface area contributed by atoms with E-state index in [9.17, 15) is 9.59 Å². The third-order valence-electron chi connectivity index (χ3n) is 3.77. The molecule has 1 aliphatic rings. The molecule has 0 saturated heterocycles. The number of aromatic amines is 1. The van der Waals surface area contributed by atoms with Crippen LogP contribution in [0.1, 0.15) is 5.56 Å². The van der Waals surface area contributed by atoms with Gasteiger partial charge in [-0.05, 0) is 35.9 Å². The first kappa shape index (κ1) is 14.8. The minimum absolute atomic E-state index is 0.0121. The Kier molecular flexibility index (Phi) is 3.70. The molecule has 0 bridgehead atoms. The zero-order valence-electron chi connectivity index (χ0n) is 12.6. The number of nitrogens with one attached hydrogen (secondary N) is 3. The van der Waals surface area contributed by atoms with Gasteiger partial charge in [-0.3, -0.25) is 14.7 Å². The van der Waals surface area contributed by atoms with E-state index in [1.165, 1.54) is 11.8 Å². The van der Waals surface area contributed by atoms with Crippen LogP contribution >= 0.6 is 11.8 Å². The molecule has 0 spiro atoms. The number of H-pyrrole nitrogens is 1. The lowest BCUT2D eigenvalue weighted by Gasteiger charge is -2.17. The Morgan fingerprint density at radius 1 is 1.25 bits per heavy atom. The summed E-state index contributed by atoms with van der Waals surface area (Å²) in [5.74, 6) is 0.314. The minimum atomic E-state index is -0.108. The molecule has 6 nitrogen and oxygen atoms in total. The second kappa shape index (κ2) is 6.01. The van der Waals surface area contributed by atoms with E-state index >= 15 is 0 Å². The van der Waals surface area contributed by atoms with E-state index < -0.39 is 0 Å². The van der Waals surface area contributed by atoms with Crippen LogP contribution in [-0.4, -0.2) is 27.8 Å². The zero-order valence-corrected chi connectivity index (χ0v) is 13.4. The highest BCUT2D eigenvalue weighted by Gasteiger charge is 2.16. The molecule has 3 aromatic rings. The van der Waals surface area contributed by atoms with Gasteiger partial charge in [0, 0.05) is 16.0 Å². The maximum Gasteiger partial charge on any atom is 0.234 e. The third-order valence-corrected chi connectivity index (χ3v) is 4.84. The maximum absolute atomic E-state index is 12.3. The SMILES string of the molecule is O=C(Cc1ccc2c(c1)NC(=O)CS2)Nc1ccc2cn[nH]c2c1. The largest absolute Gasteiger partial charge is 0.326 e. The summed E-state index contributed by atoms with van der Waals surface area (Å²) in [5, 5.41) is 13.6. The molecule has 2 amide bonds. The molecule has 4 rings (SSSR count). The van der Waals surface area contributed by atoms with Gasteiger partial charge in [-0.25, -0.2) is 0 Å². The Morgan fingerprint density at radius 3 is 3.08 bits per heavy atom. The minimum Gasteiger partial charge on any atom is -0.326 e. The average molecular weight is 338 g/mol. The van der Waals surface area contributed by atoms with Gasteiger partial charge in [0.2, 0.25) is 11.8 Å². The number of aromatic nitrogens is 2. The molecule has 24 heavy (non-hydrogen) atoms. The van der Waals surface area contributed by atoms with Gasteiger partial charge >= 0.3 is 0 Å². The van der Waals surface area contributed by atoms with E-state index in [1.54, 1.807) is 6.20 Å². The van der Waals surface area contributed by atoms with Crippen molar-refractivity contribution in [3.05, 3.63) is 48.2 Å². The van der Waals surface area contributed by atoms with Gasteiger partial charge in [0.25, 0.3) is 0 Å². The Labute approximate surface area is 142 Å². The predicted octanol–water partition coefficient (Wildman–Crippen LogP) is 2.79. The van der Waals surface area contributed by atoms with Crippen molar-refractivity contribution >= 4 is 45.9 Å². The Bertz CT molecular complexity index is 951. The lowest BCUT2D eigenvalue weighted by molar-refractivity contribution is -0.115. The monoisotopic (exact) mass is 338 g/mol. The van der Waals surface area contributed by atoms with Crippen molar-refractivity contribution < 1.29 is 9.59 Å². The molecule has 1 aliphatic heterocycles. The molecule has 2 aromatic carbocycles. The van der Waals surface area contributed by atoms with Gasteiger partial charge in [-0.1, -0.05) is 6.07 Å². The number of hydrogen-bond acceptors (Lipinski definition) is 4. The first-order chi connectivity index (χ1) is 11.7. The summed E-state index contributed by atoms with van der Waals surface area (Å²) in [6, 6.07) is 11.3. The van der Waals surface area contributed by atoms with Gasteiger partial charge in [0.1, 0.15) is 0 Å². The Morgan fingerprint density at radius 2 is 2.17 bits per heavy atom. The number of fused-ring (bicyclic) bond motifs is 2. The van der Waals surface area contributed by atoms with Gasteiger partial charge in [0.05, 0.1) is 29.6 Å². The summed E-state index contributed by atoms with van der Waals surface area (Å²) >= 11 is 1.51. The first-order valence-corrected chi connectivity index (χ1v) is 8.44. The lowest BCUT2D eigenvalue weighted by atomic mass is 10.1. The standard InChI is InChI=1S/C17H14N4O2S/c22-16(19-12-3-2-11-8-18-21-13(11)7-12)6-10-1-4-15-14(5-10)20-17(23)9-24-15/h1-5,7-8H,6,9H2,(H,18,21)(H,19,22)(H,20,23). The summed E-state index contributed by atoms with van der Waals surface area (Å²) < 4.78 is 0. The highest BCUT2D eigenvalue weighted by Crippen LogP contribution is 2.32. The molecule has 0 atom stereocenters. The average Bonchev–Trinajstić information content (AvgIpc) is 3.02. The van der Waals surface area contributed by atoms with Crippen molar-refractivity contribution in [2.75, 3.05) is 16.4 Å². The molecule has 0 aliphatic carbocycles. The number of carbonyl (C=O) groups is 2. The van der Waals surface area contributed by atoms with Crippen molar-refractivity contribution in [1.29, 1.82) is 0 Å². The van der Waals surface area contributed by atoms with Gasteiger partial charge in [-0.15, -0.1) is 11.8 Å². The molecule has 0 saturated carbocycles. The van der Waals surface area contributed by atoms with Crippen LogP contribution in [0.2, 0.25) is 0 Å². The van der Waals surface area contributed by atoms with E-state index in [2.05, 4.69) is 20.8 Å². The quantitative estimate of drug-likeness (QED) is 0.685. The Balaban J connectivity index is 1.47. The van der Waals surface area contributed by atoms with Crippen LogP contribution in [0.5, 0.6) is 0 Å². The Hall–Kier alpha value is -2.80. The molecule has 0 fully saturated rings. The van der Waals surface area contributed by atoms with Gasteiger partial charge in [0.15, 0.2) is 0 Å². The van der Waals surface area contributed by atoms with Crippen LogP contribution in [0.3, 0.4) is 0 Å². The van der Waals surface area contributed by atoms with Crippen LogP contribution in [-0.2, 0) is 16.0 Å². The number of hydrogen-bond donors (Lipinski definition) is 3. The normalized spacial score (nSPS) is 13.4. The smallest absolute Gasteiger partial charge is 0.234 e. The molecule has 0 radical (unpaired) electrons. The molecule has 0 unspecified atom stereocenters. The molecular formula is C17H14N4O2S. The van der Waals surface area contributed by atoms with Crippen LogP contribution < -0.4 is 10.6 Å². The summed E-state index contributed by atoms with van der Waals surface area (Å²) in [6.45, 7) is 0. The summed E-state index contributed by atoms with van der Waals surface area (Å²) in [7, 11) is 0. The molecule has 120 valence electrons. The van der Waals surface area contributed by atoms with Crippen molar-refractivity contribution in [3.8, 4) is 0 Å². The lowest BCUT2D eigenvalue weighted by Crippen LogP contribution is -2.19. The molecule has 3 N–H and O–H groups in total. The van der Waals surface area contributed by atoms with Crippen LogP contribution in [0.4, 0.5) is 11.4 Å². The molecular weight excluding hydrogens is 324 g/mol. The van der Waals surface area contributed by atoms with Crippen LogP contribution in [0.25, 0.3) is 10.9 Å². The van der Waals surface area contributed by atoms with Gasteiger partial charge in [-0.2, -0.15) is 5.10 Å². The first-order valence-electron chi connectivity index (χ1n) is 7.46. The van der Waals surface area contributed by atoms with E-state index in [-0.39, 0.29) is 18.2 Å². The predicted molar refractivity (Wildman–Crippen MR) is 94.2 cm³/mol. The number of nitrogens with zero attached hydrogens (tertiary/aromatic N) is 1. The van der Waals surface area contributed by atoms with Gasteiger partial charge < -0.3 is 10.6 Å². The fraction of sp³-hybridized carbons (Fsp3) is 0.118. The molecule has 2 heterocycles. The number of thioether (sulfide) groups is 1. The summed E-state index contributed by atoms with van der Waals surface area (Å²) in [4.78, 5) is 24.8. The van der Waals surface area contributed by atoms with Crippen molar-refractivity contribution in [3.63, 3.8) is 0 Å².